The van der Waals surface area contributed by atoms with E-state index in [2.05, 4.69) is 78.9 Å². The third kappa shape index (κ3) is 3.35. The Hall–Kier alpha value is -3.76. The summed E-state index contributed by atoms with van der Waals surface area (Å²) in [5.74, 6) is 0. The van der Waals surface area contributed by atoms with E-state index in [1.807, 2.05) is 23.6 Å². The van der Waals surface area contributed by atoms with Gasteiger partial charge in [-0.15, -0.1) is 0 Å². The Morgan fingerprint density at radius 3 is 2.03 bits per heavy atom. The molecule has 162 valence electrons. The summed E-state index contributed by atoms with van der Waals surface area (Å²) < 4.78 is 1.98. The summed E-state index contributed by atoms with van der Waals surface area (Å²) >= 11 is 0. The second kappa shape index (κ2) is 7.68. The third-order valence-electron chi connectivity index (χ3n) is 6.89. The van der Waals surface area contributed by atoms with Crippen LogP contribution in [0.1, 0.15) is 30.5 Å². The van der Waals surface area contributed by atoms with Crippen LogP contribution in [-0.4, -0.2) is 14.6 Å². The van der Waals surface area contributed by atoms with Crippen molar-refractivity contribution < 1.29 is 0 Å². The van der Waals surface area contributed by atoms with Crippen LogP contribution in [0, 0.1) is 6.92 Å². The normalized spacial score (nSPS) is 14.8. The number of nitrogens with zero attached hydrogens (tertiary/aromatic N) is 3. The predicted molar refractivity (Wildman–Crippen MR) is 134 cm³/mol. The van der Waals surface area contributed by atoms with Gasteiger partial charge in [-0.05, 0) is 43.4 Å². The van der Waals surface area contributed by atoms with Crippen molar-refractivity contribution in [2.24, 2.45) is 5.73 Å². The zero-order valence-corrected chi connectivity index (χ0v) is 18.7. The van der Waals surface area contributed by atoms with Gasteiger partial charge in [-0.1, -0.05) is 84.9 Å². The number of aryl methyl sites for hydroxylation is 1. The van der Waals surface area contributed by atoms with Crippen molar-refractivity contribution in [1.29, 1.82) is 0 Å². The molecule has 6 rings (SSSR count). The minimum atomic E-state index is -0.167. The minimum absolute atomic E-state index is 0.167. The van der Waals surface area contributed by atoms with Crippen molar-refractivity contribution in [3.8, 4) is 33.6 Å². The van der Waals surface area contributed by atoms with Crippen LogP contribution in [0.25, 0.3) is 39.3 Å². The predicted octanol–water partition coefficient (Wildman–Crippen LogP) is 6.38. The lowest BCUT2D eigenvalue weighted by Gasteiger charge is -2.38. The number of nitrogens with two attached hydrogens (primary N) is 1. The van der Waals surface area contributed by atoms with Crippen LogP contribution < -0.4 is 5.73 Å². The van der Waals surface area contributed by atoms with Crippen LogP contribution in [0.2, 0.25) is 0 Å². The van der Waals surface area contributed by atoms with Crippen molar-refractivity contribution >= 4 is 5.65 Å². The van der Waals surface area contributed by atoms with Gasteiger partial charge in [0.2, 0.25) is 0 Å². The van der Waals surface area contributed by atoms with E-state index in [9.17, 15) is 0 Å². The molecule has 1 aliphatic rings. The minimum Gasteiger partial charge on any atom is -0.321 e. The molecular weight excluding hydrogens is 404 g/mol. The quantitative estimate of drug-likeness (QED) is 0.360. The SMILES string of the molecule is Cc1nc2cc(-c3ccccc3)c(-c3ccc(C4(N)CCC4)cc3)nn2c1-c1ccccc1. The molecule has 2 aromatic heterocycles. The van der Waals surface area contributed by atoms with Crippen molar-refractivity contribution in [3.63, 3.8) is 0 Å². The monoisotopic (exact) mass is 430 g/mol. The molecular formula is C29H26N4. The molecule has 2 heterocycles. The maximum Gasteiger partial charge on any atom is 0.155 e. The first-order valence-corrected chi connectivity index (χ1v) is 11.5. The van der Waals surface area contributed by atoms with Gasteiger partial charge in [-0.25, -0.2) is 9.50 Å². The topological polar surface area (TPSA) is 56.2 Å². The van der Waals surface area contributed by atoms with Gasteiger partial charge in [-0.3, -0.25) is 0 Å². The van der Waals surface area contributed by atoms with E-state index in [1.165, 1.54) is 12.0 Å². The smallest absolute Gasteiger partial charge is 0.155 e. The Labute approximate surface area is 193 Å². The van der Waals surface area contributed by atoms with Crippen LogP contribution in [0.4, 0.5) is 0 Å². The largest absolute Gasteiger partial charge is 0.321 e. The molecule has 1 saturated carbocycles. The molecule has 0 bridgehead atoms. The van der Waals surface area contributed by atoms with E-state index in [0.717, 1.165) is 57.8 Å². The molecule has 2 N–H and O–H groups in total. The van der Waals surface area contributed by atoms with Crippen molar-refractivity contribution in [1.82, 2.24) is 14.6 Å². The lowest BCUT2D eigenvalue weighted by atomic mass is 9.72. The van der Waals surface area contributed by atoms with E-state index in [1.54, 1.807) is 0 Å². The fourth-order valence-electron chi connectivity index (χ4n) is 4.87. The highest BCUT2D eigenvalue weighted by Gasteiger charge is 2.34. The first kappa shape index (κ1) is 19.9. The number of aromatic nitrogens is 3. The van der Waals surface area contributed by atoms with Gasteiger partial charge in [-0.2, -0.15) is 5.10 Å². The standard InChI is InChI=1S/C29H26N4/c1-20-28(23-11-6-3-7-12-23)33-26(31-20)19-25(21-9-4-2-5-10-21)27(32-33)22-13-15-24(16-14-22)29(30)17-8-18-29/h2-7,9-16,19H,8,17-18,30H2,1H3. The Balaban J connectivity index is 1.57. The van der Waals surface area contributed by atoms with Gasteiger partial charge in [0.25, 0.3) is 0 Å². The first-order chi connectivity index (χ1) is 16.1. The van der Waals surface area contributed by atoms with E-state index in [-0.39, 0.29) is 5.54 Å². The highest BCUT2D eigenvalue weighted by molar-refractivity contribution is 5.83. The van der Waals surface area contributed by atoms with E-state index in [4.69, 9.17) is 15.8 Å². The molecule has 3 aromatic carbocycles. The van der Waals surface area contributed by atoms with Gasteiger partial charge >= 0.3 is 0 Å². The maximum atomic E-state index is 6.57. The summed E-state index contributed by atoms with van der Waals surface area (Å²) in [6.45, 7) is 2.05. The van der Waals surface area contributed by atoms with Crippen LogP contribution in [0.5, 0.6) is 0 Å². The zero-order chi connectivity index (χ0) is 22.4. The Bertz CT molecular complexity index is 1430. The lowest BCUT2D eigenvalue weighted by Crippen LogP contribution is -2.43. The van der Waals surface area contributed by atoms with Crippen LogP contribution >= 0.6 is 0 Å². The van der Waals surface area contributed by atoms with E-state index in [0.29, 0.717) is 0 Å². The van der Waals surface area contributed by atoms with E-state index >= 15 is 0 Å². The number of imidazole rings is 1. The molecule has 5 aromatic rings. The molecule has 0 atom stereocenters. The Morgan fingerprint density at radius 2 is 1.42 bits per heavy atom. The molecule has 33 heavy (non-hydrogen) atoms. The molecule has 0 unspecified atom stereocenters. The van der Waals surface area contributed by atoms with Crippen LogP contribution in [0.3, 0.4) is 0 Å². The van der Waals surface area contributed by atoms with Crippen LogP contribution in [0.15, 0.2) is 91.0 Å². The fraction of sp³-hybridized carbons (Fsp3) is 0.172. The molecule has 0 amide bonds. The highest BCUT2D eigenvalue weighted by atomic mass is 15.3. The molecule has 4 heteroatoms. The van der Waals surface area contributed by atoms with Crippen molar-refractivity contribution in [3.05, 3.63) is 102 Å². The number of fused-ring (bicyclic) bond motifs is 1. The van der Waals surface area contributed by atoms with E-state index < -0.39 is 0 Å². The summed E-state index contributed by atoms with van der Waals surface area (Å²) in [7, 11) is 0. The molecule has 0 radical (unpaired) electrons. The fourth-order valence-corrected chi connectivity index (χ4v) is 4.87. The number of benzene rings is 3. The van der Waals surface area contributed by atoms with Crippen LogP contribution in [-0.2, 0) is 5.54 Å². The second-order valence-electron chi connectivity index (χ2n) is 9.04. The highest BCUT2D eigenvalue weighted by Crippen LogP contribution is 2.40. The first-order valence-electron chi connectivity index (χ1n) is 11.5. The van der Waals surface area contributed by atoms with Gasteiger partial charge < -0.3 is 5.73 Å². The zero-order valence-electron chi connectivity index (χ0n) is 18.7. The number of hydrogen-bond donors (Lipinski definition) is 1. The summed E-state index contributed by atoms with van der Waals surface area (Å²) in [4.78, 5) is 4.86. The summed E-state index contributed by atoms with van der Waals surface area (Å²) in [5.41, 5.74) is 15.8. The molecule has 1 aliphatic carbocycles. The van der Waals surface area contributed by atoms with Gasteiger partial charge in [0.15, 0.2) is 5.65 Å². The average Bonchev–Trinajstić information content (AvgIpc) is 3.17. The molecule has 0 aliphatic heterocycles. The molecule has 4 nitrogen and oxygen atoms in total. The summed E-state index contributed by atoms with van der Waals surface area (Å²) in [6.07, 6.45) is 3.32. The second-order valence-corrected chi connectivity index (χ2v) is 9.04. The number of rotatable bonds is 4. The van der Waals surface area contributed by atoms with Gasteiger partial charge in [0.05, 0.1) is 17.1 Å². The summed E-state index contributed by atoms with van der Waals surface area (Å²) in [6, 6.07) is 31.6. The summed E-state index contributed by atoms with van der Waals surface area (Å²) in [5, 5.41) is 5.17. The Morgan fingerprint density at radius 1 is 0.788 bits per heavy atom. The third-order valence-corrected chi connectivity index (χ3v) is 6.89. The number of hydrogen-bond acceptors (Lipinski definition) is 3. The average molecular weight is 431 g/mol. The van der Waals surface area contributed by atoms with Gasteiger partial charge in [0, 0.05) is 22.2 Å². The van der Waals surface area contributed by atoms with Crippen molar-refractivity contribution in [2.45, 2.75) is 31.7 Å². The molecule has 0 spiro atoms. The van der Waals surface area contributed by atoms with Crippen molar-refractivity contribution in [2.75, 3.05) is 0 Å². The molecule has 1 fully saturated rings. The lowest BCUT2D eigenvalue weighted by molar-refractivity contribution is 0.253. The Kier molecular flexibility index (Phi) is 4.63. The van der Waals surface area contributed by atoms with Gasteiger partial charge in [0.1, 0.15) is 0 Å². The molecule has 0 saturated heterocycles. The maximum absolute atomic E-state index is 6.57.